The molecule has 0 aromatic heterocycles. The number of alkyl halides is 3. The van der Waals surface area contributed by atoms with Gasteiger partial charge in [-0.25, -0.2) is 4.79 Å². The smallest absolute Gasteiger partial charge is 0.416 e. The van der Waals surface area contributed by atoms with Gasteiger partial charge in [-0.2, -0.15) is 18.4 Å². The van der Waals surface area contributed by atoms with Gasteiger partial charge in [0.05, 0.1) is 23.3 Å². The second-order valence-corrected chi connectivity index (χ2v) is 6.90. The van der Waals surface area contributed by atoms with E-state index < -0.39 is 11.7 Å². The van der Waals surface area contributed by atoms with Gasteiger partial charge in [-0.05, 0) is 68.1 Å². The molecule has 2 aromatic carbocycles. The van der Waals surface area contributed by atoms with Crippen LogP contribution in [0.15, 0.2) is 48.5 Å². The van der Waals surface area contributed by atoms with Gasteiger partial charge in [-0.3, -0.25) is 0 Å². The van der Waals surface area contributed by atoms with E-state index in [0.717, 1.165) is 12.1 Å². The summed E-state index contributed by atoms with van der Waals surface area (Å²) in [7, 11) is 0. The minimum Gasteiger partial charge on any atom is -0.490 e. The predicted octanol–water partition coefficient (Wildman–Crippen LogP) is 5.09. The van der Waals surface area contributed by atoms with Gasteiger partial charge in [-0.15, -0.1) is 0 Å². The summed E-state index contributed by atoms with van der Waals surface area (Å²) in [6, 6.07) is 13.0. The molecule has 0 heterocycles. The van der Waals surface area contributed by atoms with Crippen LogP contribution in [-0.2, 0) is 6.18 Å². The van der Waals surface area contributed by atoms with E-state index in [1.807, 2.05) is 6.07 Å². The number of halogens is 3. The van der Waals surface area contributed by atoms with Crippen LogP contribution < -0.4 is 15.4 Å². The average Bonchev–Trinajstić information content (AvgIpc) is 2.69. The summed E-state index contributed by atoms with van der Waals surface area (Å²) in [4.78, 5) is 12.1. The van der Waals surface area contributed by atoms with Crippen molar-refractivity contribution in [3.8, 4) is 11.8 Å². The summed E-state index contributed by atoms with van der Waals surface area (Å²) >= 11 is 0. The normalized spacial score (nSPS) is 19.1. The average molecular weight is 403 g/mol. The molecule has 5 nitrogen and oxygen atoms in total. The lowest BCUT2D eigenvalue weighted by Crippen LogP contribution is -2.41. The number of amides is 2. The molecule has 0 unspecified atom stereocenters. The summed E-state index contributed by atoms with van der Waals surface area (Å²) in [5, 5.41) is 14.5. The molecule has 2 N–H and O–H groups in total. The lowest BCUT2D eigenvalue weighted by atomic mass is 9.93. The van der Waals surface area contributed by atoms with E-state index in [4.69, 9.17) is 10.00 Å². The number of urea groups is 1. The van der Waals surface area contributed by atoms with Crippen molar-refractivity contribution in [3.05, 3.63) is 59.7 Å². The second kappa shape index (κ2) is 8.86. The lowest BCUT2D eigenvalue weighted by Gasteiger charge is -2.29. The van der Waals surface area contributed by atoms with Crippen LogP contribution in [0.25, 0.3) is 0 Å². The van der Waals surface area contributed by atoms with E-state index in [-0.39, 0.29) is 18.2 Å². The van der Waals surface area contributed by atoms with Crippen LogP contribution in [0, 0.1) is 11.3 Å². The number of nitriles is 1. The van der Waals surface area contributed by atoms with Crippen LogP contribution >= 0.6 is 0 Å². The Labute approximate surface area is 166 Å². The van der Waals surface area contributed by atoms with Crippen molar-refractivity contribution < 1.29 is 22.7 Å². The zero-order valence-electron chi connectivity index (χ0n) is 15.5. The van der Waals surface area contributed by atoms with E-state index in [1.165, 1.54) is 12.1 Å². The molecule has 2 aromatic rings. The number of hydrogen-bond acceptors (Lipinski definition) is 3. The van der Waals surface area contributed by atoms with E-state index in [9.17, 15) is 18.0 Å². The molecule has 0 bridgehead atoms. The Bertz CT molecular complexity index is 883. The fourth-order valence-electron chi connectivity index (χ4n) is 3.26. The Balaban J connectivity index is 1.44. The molecule has 2 amide bonds. The van der Waals surface area contributed by atoms with Gasteiger partial charge >= 0.3 is 12.2 Å². The lowest BCUT2D eigenvalue weighted by molar-refractivity contribution is -0.137. The zero-order chi connectivity index (χ0) is 20.9. The number of nitrogens with one attached hydrogen (secondary N) is 2. The summed E-state index contributed by atoms with van der Waals surface area (Å²) in [5.41, 5.74) is 0.300. The number of carbonyl (C=O) groups excluding carboxylic acids is 1. The highest BCUT2D eigenvalue weighted by Gasteiger charge is 2.30. The van der Waals surface area contributed by atoms with Crippen LogP contribution in [0.1, 0.15) is 36.8 Å². The largest absolute Gasteiger partial charge is 0.490 e. The highest BCUT2D eigenvalue weighted by atomic mass is 19.4. The first-order valence-electron chi connectivity index (χ1n) is 9.25. The van der Waals surface area contributed by atoms with Crippen molar-refractivity contribution in [2.75, 3.05) is 5.32 Å². The summed E-state index contributed by atoms with van der Waals surface area (Å²) in [6.45, 7) is 0. The van der Waals surface area contributed by atoms with Gasteiger partial charge in [0, 0.05) is 11.7 Å². The van der Waals surface area contributed by atoms with Gasteiger partial charge in [0.1, 0.15) is 5.75 Å². The Morgan fingerprint density at radius 2 is 1.76 bits per heavy atom. The van der Waals surface area contributed by atoms with Gasteiger partial charge in [0.2, 0.25) is 0 Å². The SMILES string of the molecule is N#Cc1cccc(NC(=O)NC2CCC(Oc3ccc(C(F)(F)F)cc3)CC2)c1. The standard InChI is InChI=1S/C21H20F3N3O2/c22-21(23,24)15-4-8-18(9-5-15)29-19-10-6-16(7-11-19)26-20(28)27-17-3-1-2-14(12-17)13-25/h1-5,8-9,12,16,19H,6-7,10-11H2,(H2,26,27,28). The molecule has 1 aliphatic carbocycles. The number of rotatable bonds is 4. The number of nitrogens with zero attached hydrogens (tertiary/aromatic N) is 1. The van der Waals surface area contributed by atoms with Crippen LogP contribution in [0.3, 0.4) is 0 Å². The quantitative estimate of drug-likeness (QED) is 0.747. The number of hydrogen-bond donors (Lipinski definition) is 2. The van der Waals surface area contributed by atoms with Gasteiger partial charge in [0.15, 0.2) is 0 Å². The molecule has 8 heteroatoms. The highest BCUT2D eigenvalue weighted by Crippen LogP contribution is 2.31. The fraction of sp³-hybridized carbons (Fsp3) is 0.333. The summed E-state index contributed by atoms with van der Waals surface area (Å²) < 4.78 is 43.6. The van der Waals surface area contributed by atoms with E-state index >= 15 is 0 Å². The molecule has 0 atom stereocenters. The molecule has 0 aliphatic heterocycles. The molecular weight excluding hydrogens is 383 g/mol. The monoisotopic (exact) mass is 403 g/mol. The van der Waals surface area contributed by atoms with Crippen LogP contribution in [-0.4, -0.2) is 18.2 Å². The van der Waals surface area contributed by atoms with Crippen LogP contribution in [0.2, 0.25) is 0 Å². The Morgan fingerprint density at radius 3 is 2.38 bits per heavy atom. The predicted molar refractivity (Wildman–Crippen MR) is 101 cm³/mol. The van der Waals surface area contributed by atoms with Crippen molar-refractivity contribution >= 4 is 11.7 Å². The molecule has 152 valence electrons. The minimum absolute atomic E-state index is 0.0124. The Kier molecular flexibility index (Phi) is 6.27. The Hall–Kier alpha value is -3.21. The third kappa shape index (κ3) is 5.88. The van der Waals surface area contributed by atoms with Crippen molar-refractivity contribution in [2.45, 2.75) is 44.0 Å². The number of benzene rings is 2. The summed E-state index contributed by atoms with van der Waals surface area (Å²) in [5.74, 6) is 0.407. The molecule has 1 fully saturated rings. The molecule has 29 heavy (non-hydrogen) atoms. The van der Waals surface area contributed by atoms with Crippen molar-refractivity contribution in [2.24, 2.45) is 0 Å². The first-order valence-corrected chi connectivity index (χ1v) is 9.25. The third-order valence-electron chi connectivity index (χ3n) is 4.74. The molecular formula is C21H20F3N3O2. The maximum atomic E-state index is 12.6. The zero-order valence-corrected chi connectivity index (χ0v) is 15.5. The van der Waals surface area contributed by atoms with E-state index in [1.54, 1.807) is 24.3 Å². The minimum atomic E-state index is -4.36. The molecule has 3 rings (SSSR count). The van der Waals surface area contributed by atoms with E-state index in [2.05, 4.69) is 10.6 Å². The molecule has 0 saturated heterocycles. The molecule has 1 aliphatic rings. The summed E-state index contributed by atoms with van der Waals surface area (Å²) in [6.07, 6.45) is -1.67. The van der Waals surface area contributed by atoms with Gasteiger partial charge in [-0.1, -0.05) is 6.07 Å². The van der Waals surface area contributed by atoms with Crippen molar-refractivity contribution in [3.63, 3.8) is 0 Å². The number of carbonyl (C=O) groups is 1. The highest BCUT2D eigenvalue weighted by molar-refractivity contribution is 5.89. The van der Waals surface area contributed by atoms with Gasteiger partial charge < -0.3 is 15.4 Å². The first kappa shape index (κ1) is 20.5. The third-order valence-corrected chi connectivity index (χ3v) is 4.74. The molecule has 1 saturated carbocycles. The van der Waals surface area contributed by atoms with Crippen molar-refractivity contribution in [1.29, 1.82) is 5.26 Å². The fourth-order valence-corrected chi connectivity index (χ4v) is 3.26. The first-order chi connectivity index (χ1) is 13.8. The maximum absolute atomic E-state index is 12.6. The number of anilines is 1. The van der Waals surface area contributed by atoms with Crippen LogP contribution in [0.5, 0.6) is 5.75 Å². The van der Waals surface area contributed by atoms with E-state index in [0.29, 0.717) is 42.7 Å². The maximum Gasteiger partial charge on any atom is 0.416 e. The van der Waals surface area contributed by atoms with Crippen LogP contribution in [0.4, 0.5) is 23.7 Å². The Morgan fingerprint density at radius 1 is 1.07 bits per heavy atom. The van der Waals surface area contributed by atoms with Crippen molar-refractivity contribution in [1.82, 2.24) is 5.32 Å². The molecule has 0 radical (unpaired) electrons. The second-order valence-electron chi connectivity index (χ2n) is 6.90. The topological polar surface area (TPSA) is 74.2 Å². The molecule has 0 spiro atoms. The number of ether oxygens (including phenoxy) is 1. The van der Waals surface area contributed by atoms with Gasteiger partial charge in [0.25, 0.3) is 0 Å².